The topological polar surface area (TPSA) is 81.2 Å². The second kappa shape index (κ2) is 15.1. The van der Waals surface area contributed by atoms with Gasteiger partial charge in [-0.15, -0.1) is 24.0 Å². The molecule has 1 saturated heterocycles. The Labute approximate surface area is 194 Å². The molecule has 0 aromatic carbocycles. The molecule has 8 nitrogen and oxygen atoms in total. The summed E-state index contributed by atoms with van der Waals surface area (Å²) in [6.45, 7) is 19.2. The summed E-state index contributed by atoms with van der Waals surface area (Å²) in [7, 11) is 1.78. The van der Waals surface area contributed by atoms with Crippen LogP contribution in [0.15, 0.2) is 4.99 Å². The molecule has 0 saturated carbocycles. The highest BCUT2D eigenvalue weighted by atomic mass is 127. The first-order valence-corrected chi connectivity index (χ1v) is 10.6. The van der Waals surface area contributed by atoms with Crippen molar-refractivity contribution in [2.24, 2.45) is 10.9 Å². The Morgan fingerprint density at radius 1 is 1.07 bits per heavy atom. The molecule has 1 aliphatic rings. The number of amides is 1. The highest BCUT2D eigenvalue weighted by Gasteiger charge is 2.17. The quantitative estimate of drug-likeness (QED) is 0.185. The van der Waals surface area contributed by atoms with Gasteiger partial charge in [0.15, 0.2) is 5.96 Å². The highest BCUT2D eigenvalue weighted by molar-refractivity contribution is 14.0. The number of hydrogen-bond donors (Lipinski definition) is 3. The van der Waals surface area contributed by atoms with E-state index in [1.54, 1.807) is 7.05 Å². The number of nitrogens with one attached hydrogen (secondary N) is 3. The Bertz CT molecular complexity index is 476. The van der Waals surface area contributed by atoms with Crippen LogP contribution in [0.2, 0.25) is 0 Å². The van der Waals surface area contributed by atoms with E-state index < -0.39 is 5.60 Å². The molecule has 1 atom stereocenters. The van der Waals surface area contributed by atoms with Gasteiger partial charge in [-0.1, -0.05) is 13.8 Å². The smallest absolute Gasteiger partial charge is 0.407 e. The van der Waals surface area contributed by atoms with Crippen LogP contribution in [0.3, 0.4) is 0 Å². The molecule has 1 rings (SSSR count). The molecule has 0 spiro atoms. The molecule has 1 aliphatic heterocycles. The van der Waals surface area contributed by atoms with E-state index in [2.05, 4.69) is 44.6 Å². The molecule has 9 heteroatoms. The molecule has 3 N–H and O–H groups in total. The summed E-state index contributed by atoms with van der Waals surface area (Å²) in [6.07, 6.45) is 0.431. The lowest BCUT2D eigenvalue weighted by atomic mass is 10.1. The third kappa shape index (κ3) is 13.9. The summed E-state index contributed by atoms with van der Waals surface area (Å²) in [4.78, 5) is 20.9. The number of carbonyl (C=O) groups excluding carboxylic acids is 1. The molecule has 1 amide bonds. The van der Waals surface area contributed by atoms with Gasteiger partial charge in [-0.05, 0) is 39.7 Å². The van der Waals surface area contributed by atoms with Gasteiger partial charge in [0.25, 0.3) is 0 Å². The second-order valence-electron chi connectivity index (χ2n) is 8.50. The third-order valence-corrected chi connectivity index (χ3v) is 4.64. The zero-order valence-corrected chi connectivity index (χ0v) is 21.5. The van der Waals surface area contributed by atoms with Gasteiger partial charge in [0.1, 0.15) is 5.60 Å². The van der Waals surface area contributed by atoms with Crippen LogP contribution in [-0.4, -0.2) is 93.4 Å². The maximum Gasteiger partial charge on any atom is 0.407 e. The highest BCUT2D eigenvalue weighted by Crippen LogP contribution is 2.06. The molecule has 1 fully saturated rings. The van der Waals surface area contributed by atoms with Crippen molar-refractivity contribution in [3.63, 3.8) is 0 Å². The summed E-state index contributed by atoms with van der Waals surface area (Å²) >= 11 is 0. The fourth-order valence-corrected chi connectivity index (χ4v) is 3.08. The minimum Gasteiger partial charge on any atom is -0.444 e. The first-order valence-electron chi connectivity index (χ1n) is 10.6. The molecular weight excluding hydrogens is 483 g/mol. The van der Waals surface area contributed by atoms with Crippen molar-refractivity contribution < 1.29 is 9.53 Å². The predicted octanol–water partition coefficient (Wildman–Crippen LogP) is 1.96. The number of guanidine groups is 1. The van der Waals surface area contributed by atoms with Crippen LogP contribution in [0, 0.1) is 5.92 Å². The summed E-state index contributed by atoms with van der Waals surface area (Å²) in [5.41, 5.74) is -0.464. The van der Waals surface area contributed by atoms with Gasteiger partial charge in [-0.25, -0.2) is 4.79 Å². The van der Waals surface area contributed by atoms with Crippen LogP contribution in [0.4, 0.5) is 4.79 Å². The number of halogens is 1. The van der Waals surface area contributed by atoms with Gasteiger partial charge in [-0.2, -0.15) is 0 Å². The molecule has 0 aromatic heterocycles. The molecule has 0 bridgehead atoms. The second-order valence-corrected chi connectivity index (χ2v) is 8.50. The fraction of sp³-hybridized carbons (Fsp3) is 0.900. The van der Waals surface area contributed by atoms with Crippen molar-refractivity contribution in [3.05, 3.63) is 0 Å². The van der Waals surface area contributed by atoms with E-state index in [0.29, 0.717) is 12.5 Å². The molecule has 1 unspecified atom stereocenters. The van der Waals surface area contributed by atoms with Crippen molar-refractivity contribution in [3.8, 4) is 0 Å². The Morgan fingerprint density at radius 2 is 1.66 bits per heavy atom. The van der Waals surface area contributed by atoms with Gasteiger partial charge in [-0.3, -0.25) is 4.99 Å². The summed E-state index contributed by atoms with van der Waals surface area (Å²) in [5, 5.41) is 9.45. The van der Waals surface area contributed by atoms with Crippen LogP contribution in [0.1, 0.15) is 41.0 Å². The van der Waals surface area contributed by atoms with Crippen LogP contribution in [-0.2, 0) is 4.74 Å². The molecule has 29 heavy (non-hydrogen) atoms. The number of ether oxygens (including phenoxy) is 1. The Kier molecular flexibility index (Phi) is 14.6. The molecule has 172 valence electrons. The maximum absolute atomic E-state index is 11.6. The SMILES string of the molecule is CCN1CCN(CC(C)CNC(=NC)NCCCNC(=O)OC(C)(C)C)CC1.I. The number of likely N-dealkylation sites (N-methyl/N-ethyl adjacent to an activating group) is 1. The lowest BCUT2D eigenvalue weighted by molar-refractivity contribution is 0.0527. The summed E-state index contributed by atoms with van der Waals surface area (Å²) in [5.74, 6) is 1.36. The van der Waals surface area contributed by atoms with Gasteiger partial charge in [0.2, 0.25) is 0 Å². The molecule has 1 heterocycles. The van der Waals surface area contributed by atoms with Crippen molar-refractivity contribution in [2.75, 3.05) is 66.0 Å². The minimum absolute atomic E-state index is 0. The van der Waals surface area contributed by atoms with Crippen molar-refractivity contribution in [1.29, 1.82) is 0 Å². The van der Waals surface area contributed by atoms with E-state index in [4.69, 9.17) is 4.74 Å². The summed E-state index contributed by atoms with van der Waals surface area (Å²) in [6, 6.07) is 0. The van der Waals surface area contributed by atoms with E-state index in [-0.39, 0.29) is 30.1 Å². The average Bonchev–Trinajstić information content (AvgIpc) is 2.63. The number of hydrogen-bond acceptors (Lipinski definition) is 5. The Balaban J connectivity index is 0.00000784. The van der Waals surface area contributed by atoms with Crippen LogP contribution in [0.5, 0.6) is 0 Å². The van der Waals surface area contributed by atoms with Crippen LogP contribution >= 0.6 is 24.0 Å². The number of alkyl carbamates (subject to hydrolysis) is 1. The Morgan fingerprint density at radius 3 is 2.21 bits per heavy atom. The third-order valence-electron chi connectivity index (χ3n) is 4.64. The monoisotopic (exact) mass is 526 g/mol. The average molecular weight is 527 g/mol. The fourth-order valence-electron chi connectivity index (χ4n) is 3.08. The minimum atomic E-state index is -0.464. The zero-order valence-electron chi connectivity index (χ0n) is 19.2. The van der Waals surface area contributed by atoms with Crippen molar-refractivity contribution in [1.82, 2.24) is 25.8 Å². The maximum atomic E-state index is 11.6. The molecule has 0 aromatic rings. The van der Waals surface area contributed by atoms with Crippen LogP contribution < -0.4 is 16.0 Å². The number of rotatable bonds is 9. The summed E-state index contributed by atoms with van der Waals surface area (Å²) < 4.78 is 5.21. The first kappa shape index (κ1) is 28.2. The van der Waals surface area contributed by atoms with Gasteiger partial charge in [0.05, 0.1) is 0 Å². The normalized spacial score (nSPS) is 17.2. The lowest BCUT2D eigenvalue weighted by Gasteiger charge is -2.35. The Hall–Kier alpha value is -0.810. The number of nitrogens with zero attached hydrogens (tertiary/aromatic N) is 3. The number of carbonyl (C=O) groups is 1. The van der Waals surface area contributed by atoms with Crippen molar-refractivity contribution in [2.45, 2.75) is 46.6 Å². The molecular formula is C20H43IN6O2. The van der Waals surface area contributed by atoms with E-state index in [0.717, 1.165) is 51.6 Å². The van der Waals surface area contributed by atoms with E-state index in [1.165, 1.54) is 13.1 Å². The number of piperazine rings is 1. The van der Waals surface area contributed by atoms with E-state index in [1.807, 2.05) is 20.8 Å². The zero-order chi connectivity index (χ0) is 21.0. The lowest BCUT2D eigenvalue weighted by Crippen LogP contribution is -2.48. The van der Waals surface area contributed by atoms with Crippen LogP contribution in [0.25, 0.3) is 0 Å². The molecule has 0 radical (unpaired) electrons. The van der Waals surface area contributed by atoms with Crippen molar-refractivity contribution >= 4 is 36.0 Å². The van der Waals surface area contributed by atoms with E-state index in [9.17, 15) is 4.79 Å². The van der Waals surface area contributed by atoms with Gasteiger partial charge < -0.3 is 30.5 Å². The van der Waals surface area contributed by atoms with Gasteiger partial charge >= 0.3 is 6.09 Å². The van der Waals surface area contributed by atoms with E-state index >= 15 is 0 Å². The predicted molar refractivity (Wildman–Crippen MR) is 131 cm³/mol. The standard InChI is InChI=1S/C20H42N6O2.HI/c1-7-25-11-13-26(14-12-25)16-17(2)15-24-18(21-6)22-9-8-10-23-19(27)28-20(3,4)5;/h17H,7-16H2,1-6H3,(H,23,27)(H2,21,22,24);1H. The van der Waals surface area contributed by atoms with Gasteiger partial charge in [0, 0.05) is 59.4 Å². The largest absolute Gasteiger partial charge is 0.444 e. The molecule has 0 aliphatic carbocycles. The first-order chi connectivity index (χ1) is 13.2. The number of aliphatic imine (C=N–C) groups is 1.